The quantitative estimate of drug-likeness (QED) is 0.0325. The normalized spacial score (nSPS) is 14.3. The summed E-state index contributed by atoms with van der Waals surface area (Å²) in [7, 11) is 0. The Morgan fingerprint density at radius 2 is 0.915 bits per heavy atom. The smallest absolute Gasteiger partial charge is 0.306 e. The number of carbonyl (C=O) groups is 2. The van der Waals surface area contributed by atoms with Gasteiger partial charge in [-0.3, -0.25) is 9.59 Å². The Bertz CT molecular complexity index is 1240. The van der Waals surface area contributed by atoms with Crippen molar-refractivity contribution in [2.24, 2.45) is 0 Å². The van der Waals surface area contributed by atoms with Crippen molar-refractivity contribution in [1.29, 1.82) is 0 Å². The summed E-state index contributed by atoms with van der Waals surface area (Å²) in [6.45, 7) is 6.18. The van der Waals surface area contributed by atoms with Crippen molar-refractivity contribution >= 4 is 11.9 Å². The minimum Gasteiger partial charge on any atom is -0.462 e. The lowest BCUT2D eigenvalue weighted by Gasteiger charge is -2.24. The summed E-state index contributed by atoms with van der Waals surface area (Å²) in [5.41, 5.74) is 0. The van der Waals surface area contributed by atoms with E-state index >= 15 is 0 Å². The number of ether oxygens (including phenoxy) is 1. The summed E-state index contributed by atoms with van der Waals surface area (Å²) < 4.78 is 5.84. The Morgan fingerprint density at radius 1 is 0.508 bits per heavy atom. The van der Waals surface area contributed by atoms with E-state index in [1.807, 2.05) is 6.08 Å². The lowest BCUT2D eigenvalue weighted by atomic mass is 10.0. The molecule has 0 aliphatic carbocycles. The molecule has 0 aliphatic rings. The van der Waals surface area contributed by atoms with Crippen molar-refractivity contribution in [3.05, 3.63) is 109 Å². The second-order valence-corrected chi connectivity index (χ2v) is 15.4. The molecule has 0 heterocycles. The van der Waals surface area contributed by atoms with Crippen LogP contribution in [-0.4, -0.2) is 46.9 Å². The summed E-state index contributed by atoms with van der Waals surface area (Å²) in [6.07, 6.45) is 61.6. The van der Waals surface area contributed by atoms with Crippen LogP contribution in [0.2, 0.25) is 0 Å². The molecule has 1 amide bonds. The Labute approximate surface area is 362 Å². The zero-order valence-electron chi connectivity index (χ0n) is 37.8. The minimum absolute atomic E-state index is 0.00307. The predicted molar refractivity (Wildman–Crippen MR) is 254 cm³/mol. The first-order valence-corrected chi connectivity index (χ1v) is 23.6. The van der Waals surface area contributed by atoms with Gasteiger partial charge in [0, 0.05) is 6.42 Å². The molecule has 6 heteroatoms. The van der Waals surface area contributed by atoms with E-state index in [0.717, 1.165) is 89.9 Å². The average molecular weight is 818 g/mol. The topological polar surface area (TPSA) is 95.9 Å². The fourth-order valence-corrected chi connectivity index (χ4v) is 6.36. The molecular formula is C53H87NO5. The van der Waals surface area contributed by atoms with E-state index in [1.165, 1.54) is 44.9 Å². The maximum absolute atomic E-state index is 13.1. The number of rotatable bonds is 40. The SMILES string of the molecule is CC/C=C/C/C=C/C/C=C/C/C=C/C/C=C/CCC(=O)OC(CCC/C=C/C/C=C/C/C=C/C/C=C/CC)CC(=O)NC(CO)C(O)CCCCCCCCCCCC. The molecule has 3 atom stereocenters. The van der Waals surface area contributed by atoms with Gasteiger partial charge in [0.1, 0.15) is 6.10 Å². The molecule has 0 aromatic heterocycles. The number of hydrogen-bond donors (Lipinski definition) is 3. The summed E-state index contributed by atoms with van der Waals surface area (Å²) in [5, 5.41) is 23.6. The highest BCUT2D eigenvalue weighted by atomic mass is 16.5. The van der Waals surface area contributed by atoms with Gasteiger partial charge < -0.3 is 20.3 Å². The van der Waals surface area contributed by atoms with Crippen LogP contribution in [0.25, 0.3) is 0 Å². The van der Waals surface area contributed by atoms with Crippen molar-refractivity contribution in [3.63, 3.8) is 0 Å². The summed E-state index contributed by atoms with van der Waals surface area (Å²) in [4.78, 5) is 26.0. The van der Waals surface area contributed by atoms with Gasteiger partial charge >= 0.3 is 5.97 Å². The molecule has 3 unspecified atom stereocenters. The monoisotopic (exact) mass is 818 g/mol. The molecule has 0 radical (unpaired) electrons. The molecule has 0 saturated carbocycles. The van der Waals surface area contributed by atoms with E-state index in [4.69, 9.17) is 4.74 Å². The maximum Gasteiger partial charge on any atom is 0.306 e. The van der Waals surface area contributed by atoms with E-state index < -0.39 is 18.2 Å². The van der Waals surface area contributed by atoms with Crippen LogP contribution in [-0.2, 0) is 14.3 Å². The first-order valence-electron chi connectivity index (χ1n) is 23.6. The largest absolute Gasteiger partial charge is 0.462 e. The van der Waals surface area contributed by atoms with E-state index in [9.17, 15) is 19.8 Å². The van der Waals surface area contributed by atoms with Crippen LogP contribution < -0.4 is 5.32 Å². The number of aliphatic hydroxyl groups excluding tert-OH is 2. The molecule has 334 valence electrons. The highest BCUT2D eigenvalue weighted by molar-refractivity contribution is 5.77. The van der Waals surface area contributed by atoms with Gasteiger partial charge in [-0.1, -0.05) is 194 Å². The van der Waals surface area contributed by atoms with Gasteiger partial charge in [0.15, 0.2) is 0 Å². The van der Waals surface area contributed by atoms with Crippen molar-refractivity contribution in [2.45, 2.75) is 206 Å². The van der Waals surface area contributed by atoms with E-state index in [2.05, 4.69) is 129 Å². The lowest BCUT2D eigenvalue weighted by molar-refractivity contribution is -0.150. The summed E-state index contributed by atoms with van der Waals surface area (Å²) in [6, 6.07) is -0.739. The van der Waals surface area contributed by atoms with Gasteiger partial charge in [-0.25, -0.2) is 0 Å². The highest BCUT2D eigenvalue weighted by Crippen LogP contribution is 2.15. The van der Waals surface area contributed by atoms with E-state index in [1.54, 1.807) is 0 Å². The maximum atomic E-state index is 13.1. The van der Waals surface area contributed by atoms with Gasteiger partial charge in [0.25, 0.3) is 0 Å². The standard InChI is InChI=1S/C53H87NO5/c1-4-7-10-13-16-19-22-24-26-27-29-31-34-37-40-43-46-53(58)59-49(44-41-38-35-32-30-28-25-23-20-17-14-11-8-5-2)47-52(57)54-50(48-55)51(56)45-42-39-36-33-21-18-15-12-9-6-3/h7-8,10-11,16-17,19-20,24-26,28-29,31-32,35,37,40,49-51,55-56H,4-6,9,12-15,18,21-23,27,30,33-34,36,38-39,41-48H2,1-3H3,(H,54,57)/b10-7+,11-8+,19-16+,20-17+,26-24+,28-25+,31-29+,35-32+,40-37+. The molecule has 0 spiro atoms. The Hall–Kier alpha value is -3.48. The number of carbonyl (C=O) groups excluding carboxylic acids is 2. The number of aliphatic hydroxyl groups is 2. The van der Waals surface area contributed by atoms with Crippen LogP contribution in [0.3, 0.4) is 0 Å². The van der Waals surface area contributed by atoms with Crippen molar-refractivity contribution < 1.29 is 24.5 Å². The Morgan fingerprint density at radius 3 is 1.36 bits per heavy atom. The van der Waals surface area contributed by atoms with Crippen LogP contribution in [0.1, 0.15) is 188 Å². The third-order valence-electron chi connectivity index (χ3n) is 9.86. The summed E-state index contributed by atoms with van der Waals surface area (Å²) in [5.74, 6) is -0.641. The molecule has 0 aliphatic heterocycles. The molecule has 0 saturated heterocycles. The van der Waals surface area contributed by atoms with Crippen molar-refractivity contribution in [1.82, 2.24) is 5.32 Å². The van der Waals surface area contributed by atoms with E-state index in [0.29, 0.717) is 19.3 Å². The minimum atomic E-state index is -0.819. The first-order chi connectivity index (χ1) is 29.0. The third kappa shape index (κ3) is 41.1. The lowest BCUT2D eigenvalue weighted by Crippen LogP contribution is -2.46. The number of unbranched alkanes of at least 4 members (excludes halogenated alkanes) is 10. The second-order valence-electron chi connectivity index (χ2n) is 15.4. The number of amides is 1. The molecule has 0 fully saturated rings. The molecule has 59 heavy (non-hydrogen) atoms. The number of allylic oxidation sites excluding steroid dienone is 18. The number of hydrogen-bond acceptors (Lipinski definition) is 5. The molecule has 0 bridgehead atoms. The molecule has 6 nitrogen and oxygen atoms in total. The van der Waals surface area contributed by atoms with E-state index in [-0.39, 0.29) is 31.3 Å². The molecule has 0 rings (SSSR count). The van der Waals surface area contributed by atoms with Crippen LogP contribution in [0.5, 0.6) is 0 Å². The van der Waals surface area contributed by atoms with Crippen LogP contribution in [0.4, 0.5) is 0 Å². The first kappa shape index (κ1) is 55.5. The van der Waals surface area contributed by atoms with Crippen molar-refractivity contribution in [2.75, 3.05) is 6.61 Å². The average Bonchev–Trinajstić information content (AvgIpc) is 3.23. The number of esters is 1. The van der Waals surface area contributed by atoms with Crippen LogP contribution in [0.15, 0.2) is 109 Å². The van der Waals surface area contributed by atoms with Gasteiger partial charge in [-0.15, -0.1) is 0 Å². The highest BCUT2D eigenvalue weighted by Gasteiger charge is 2.23. The van der Waals surface area contributed by atoms with Gasteiger partial charge in [-0.2, -0.15) is 0 Å². The van der Waals surface area contributed by atoms with Gasteiger partial charge in [-0.05, 0) is 89.9 Å². The van der Waals surface area contributed by atoms with Gasteiger partial charge in [0.05, 0.1) is 25.2 Å². The molecular weight excluding hydrogens is 731 g/mol. The van der Waals surface area contributed by atoms with Crippen LogP contribution in [0, 0.1) is 0 Å². The Balaban J connectivity index is 4.84. The van der Waals surface area contributed by atoms with Gasteiger partial charge in [0.2, 0.25) is 5.91 Å². The molecule has 0 aromatic rings. The summed E-state index contributed by atoms with van der Waals surface area (Å²) >= 11 is 0. The fraction of sp³-hybridized carbons (Fsp3) is 0.623. The second kappa shape index (κ2) is 45.6. The zero-order valence-corrected chi connectivity index (χ0v) is 37.8. The van der Waals surface area contributed by atoms with Crippen LogP contribution >= 0.6 is 0 Å². The van der Waals surface area contributed by atoms with Crippen molar-refractivity contribution in [3.8, 4) is 0 Å². The molecule has 0 aromatic carbocycles. The number of nitrogens with one attached hydrogen (secondary N) is 1. The predicted octanol–water partition coefficient (Wildman–Crippen LogP) is 13.9. The zero-order chi connectivity index (χ0) is 43.1. The fourth-order valence-electron chi connectivity index (χ4n) is 6.36. The third-order valence-corrected chi connectivity index (χ3v) is 9.86. The molecule has 3 N–H and O–H groups in total. The Kier molecular flexibility index (Phi) is 42.9.